The van der Waals surface area contributed by atoms with Gasteiger partial charge in [0.15, 0.2) is 0 Å². The van der Waals surface area contributed by atoms with Crippen LogP contribution in [0.3, 0.4) is 0 Å². The first kappa shape index (κ1) is 13.2. The number of ether oxygens (including phenoxy) is 1. The van der Waals surface area contributed by atoms with Crippen LogP contribution in [0, 0.1) is 0 Å². The second-order valence-electron chi connectivity index (χ2n) is 3.48. The highest BCUT2D eigenvalue weighted by Gasteiger charge is 2.14. The van der Waals surface area contributed by atoms with Gasteiger partial charge in [-0.2, -0.15) is 0 Å². The van der Waals surface area contributed by atoms with Crippen molar-refractivity contribution in [2.45, 2.75) is 19.1 Å². The molecule has 0 aliphatic heterocycles. The first-order valence-corrected chi connectivity index (χ1v) is 5.58. The quantitative estimate of drug-likeness (QED) is 0.870. The number of hydrogen-bond acceptors (Lipinski definition) is 3. The van der Waals surface area contributed by atoms with Gasteiger partial charge in [-0.1, -0.05) is 22.0 Å². The molecule has 0 saturated carbocycles. The van der Waals surface area contributed by atoms with E-state index in [9.17, 15) is 4.79 Å². The number of rotatable bonds is 5. The molecule has 0 spiro atoms. The number of hydrogen-bond donors (Lipinski definition) is 2. The third-order valence-corrected chi connectivity index (χ3v) is 2.69. The molecule has 1 aromatic rings. The lowest BCUT2D eigenvalue weighted by Gasteiger charge is -2.14. The maximum absolute atomic E-state index is 10.6. The summed E-state index contributed by atoms with van der Waals surface area (Å²) in [7, 11) is 1.59. The van der Waals surface area contributed by atoms with Gasteiger partial charge in [0.2, 0.25) is 0 Å². The van der Waals surface area contributed by atoms with Crippen LogP contribution in [-0.2, 0) is 16.1 Å². The molecule has 0 amide bonds. The van der Waals surface area contributed by atoms with Gasteiger partial charge in [0.25, 0.3) is 0 Å². The average molecular weight is 288 g/mol. The zero-order chi connectivity index (χ0) is 12.1. The van der Waals surface area contributed by atoms with Crippen LogP contribution in [0.4, 0.5) is 0 Å². The molecule has 1 atom stereocenters. The first-order valence-electron chi connectivity index (χ1n) is 4.79. The van der Waals surface area contributed by atoms with Crippen LogP contribution < -0.4 is 5.73 Å². The maximum atomic E-state index is 10.6. The largest absolute Gasteiger partial charge is 0.481 e. The van der Waals surface area contributed by atoms with E-state index in [2.05, 4.69) is 15.9 Å². The van der Waals surface area contributed by atoms with Crippen molar-refractivity contribution in [3.05, 3.63) is 33.8 Å². The Balaban J connectivity index is 2.96. The van der Waals surface area contributed by atoms with E-state index >= 15 is 0 Å². The fourth-order valence-electron chi connectivity index (χ4n) is 1.51. The smallest absolute Gasteiger partial charge is 0.305 e. The third kappa shape index (κ3) is 3.59. The lowest BCUT2D eigenvalue weighted by molar-refractivity contribution is -0.137. The summed E-state index contributed by atoms with van der Waals surface area (Å²) in [5.74, 6) is -0.904. The van der Waals surface area contributed by atoms with Crippen LogP contribution in [0.25, 0.3) is 0 Å². The van der Waals surface area contributed by atoms with Gasteiger partial charge in [-0.3, -0.25) is 4.79 Å². The molecule has 3 N–H and O–H groups in total. The van der Waals surface area contributed by atoms with E-state index in [0.29, 0.717) is 6.61 Å². The van der Waals surface area contributed by atoms with Crippen molar-refractivity contribution in [2.24, 2.45) is 5.73 Å². The molecule has 16 heavy (non-hydrogen) atoms. The van der Waals surface area contributed by atoms with E-state index in [0.717, 1.165) is 15.6 Å². The van der Waals surface area contributed by atoms with Gasteiger partial charge in [-0.05, 0) is 23.3 Å². The Hall–Kier alpha value is -0.910. The Morgan fingerprint density at radius 1 is 1.62 bits per heavy atom. The summed E-state index contributed by atoms with van der Waals surface area (Å²) in [4.78, 5) is 10.6. The van der Waals surface area contributed by atoms with E-state index in [4.69, 9.17) is 15.6 Å². The molecule has 0 aromatic heterocycles. The summed E-state index contributed by atoms with van der Waals surface area (Å²) in [5, 5.41) is 8.70. The van der Waals surface area contributed by atoms with Gasteiger partial charge >= 0.3 is 5.97 Å². The zero-order valence-corrected chi connectivity index (χ0v) is 10.5. The number of aliphatic carboxylic acids is 1. The highest BCUT2D eigenvalue weighted by Crippen LogP contribution is 2.23. The number of methoxy groups -OCH3 is 1. The normalized spacial score (nSPS) is 12.4. The Morgan fingerprint density at radius 2 is 2.31 bits per heavy atom. The molecule has 0 heterocycles. The van der Waals surface area contributed by atoms with Gasteiger partial charge in [0.1, 0.15) is 0 Å². The van der Waals surface area contributed by atoms with Crippen molar-refractivity contribution in [3.8, 4) is 0 Å². The van der Waals surface area contributed by atoms with E-state index in [1.54, 1.807) is 7.11 Å². The van der Waals surface area contributed by atoms with Crippen molar-refractivity contribution in [1.82, 2.24) is 0 Å². The fourth-order valence-corrected chi connectivity index (χ4v) is 1.92. The summed E-state index contributed by atoms with van der Waals surface area (Å²) in [5.41, 5.74) is 7.55. The predicted molar refractivity (Wildman–Crippen MR) is 64.0 cm³/mol. The number of carbonyl (C=O) groups is 1. The van der Waals surface area contributed by atoms with E-state index < -0.39 is 12.0 Å². The maximum Gasteiger partial charge on any atom is 0.305 e. The predicted octanol–water partition coefficient (Wildman–Crippen LogP) is 2.07. The summed E-state index contributed by atoms with van der Waals surface area (Å²) >= 11 is 3.35. The SMILES string of the molecule is COCc1cc(Br)ccc1C(N)CC(=O)O. The highest BCUT2D eigenvalue weighted by atomic mass is 79.9. The average Bonchev–Trinajstić information content (AvgIpc) is 2.17. The molecule has 0 saturated heterocycles. The van der Waals surface area contributed by atoms with Gasteiger partial charge in [-0.25, -0.2) is 0 Å². The standard InChI is InChI=1S/C11H14BrNO3/c1-16-6-7-4-8(12)2-3-9(7)10(13)5-11(14)15/h2-4,10H,5-6,13H2,1H3,(H,14,15). The Kier molecular flexibility index (Phi) is 4.92. The number of carboxylic acids is 1. The molecule has 0 aliphatic rings. The lowest BCUT2D eigenvalue weighted by atomic mass is 9.99. The van der Waals surface area contributed by atoms with Crippen LogP contribution in [-0.4, -0.2) is 18.2 Å². The Bertz CT molecular complexity index is 381. The molecule has 1 aromatic carbocycles. The van der Waals surface area contributed by atoms with Crippen LogP contribution in [0.5, 0.6) is 0 Å². The second kappa shape index (κ2) is 5.98. The van der Waals surface area contributed by atoms with E-state index in [-0.39, 0.29) is 6.42 Å². The molecule has 0 fully saturated rings. The minimum absolute atomic E-state index is 0.0850. The molecular weight excluding hydrogens is 274 g/mol. The second-order valence-corrected chi connectivity index (χ2v) is 4.40. The van der Waals surface area contributed by atoms with Gasteiger partial charge < -0.3 is 15.6 Å². The van der Waals surface area contributed by atoms with Crippen LogP contribution in [0.15, 0.2) is 22.7 Å². The molecule has 88 valence electrons. The molecular formula is C11H14BrNO3. The van der Waals surface area contributed by atoms with E-state index in [1.807, 2.05) is 18.2 Å². The topological polar surface area (TPSA) is 72.5 Å². The van der Waals surface area contributed by atoms with Crippen molar-refractivity contribution in [3.63, 3.8) is 0 Å². The molecule has 1 unspecified atom stereocenters. The highest BCUT2D eigenvalue weighted by molar-refractivity contribution is 9.10. The Morgan fingerprint density at radius 3 is 2.88 bits per heavy atom. The van der Waals surface area contributed by atoms with Crippen LogP contribution in [0.1, 0.15) is 23.6 Å². The monoisotopic (exact) mass is 287 g/mol. The summed E-state index contributed by atoms with van der Waals surface area (Å²) in [6.45, 7) is 0.419. The van der Waals surface area contributed by atoms with Crippen molar-refractivity contribution >= 4 is 21.9 Å². The van der Waals surface area contributed by atoms with Gasteiger partial charge in [0.05, 0.1) is 13.0 Å². The number of halogens is 1. The minimum Gasteiger partial charge on any atom is -0.481 e. The number of carboxylic acid groups (broad SMARTS) is 1. The number of nitrogens with two attached hydrogens (primary N) is 1. The fraction of sp³-hybridized carbons (Fsp3) is 0.364. The van der Waals surface area contributed by atoms with Crippen LogP contribution >= 0.6 is 15.9 Å². The molecule has 0 aliphatic carbocycles. The summed E-state index contributed by atoms with van der Waals surface area (Å²) in [6, 6.07) is 5.05. The summed E-state index contributed by atoms with van der Waals surface area (Å²) < 4.78 is 5.98. The molecule has 0 bridgehead atoms. The van der Waals surface area contributed by atoms with Crippen LogP contribution in [0.2, 0.25) is 0 Å². The molecule has 4 nitrogen and oxygen atoms in total. The Labute approximate surface area is 103 Å². The van der Waals surface area contributed by atoms with E-state index in [1.165, 1.54) is 0 Å². The molecule has 0 radical (unpaired) electrons. The molecule has 1 rings (SSSR count). The summed E-state index contributed by atoms with van der Waals surface area (Å²) in [6.07, 6.45) is -0.0850. The minimum atomic E-state index is -0.904. The number of benzene rings is 1. The lowest BCUT2D eigenvalue weighted by Crippen LogP contribution is -2.17. The van der Waals surface area contributed by atoms with Crippen molar-refractivity contribution < 1.29 is 14.6 Å². The van der Waals surface area contributed by atoms with Crippen molar-refractivity contribution in [2.75, 3.05) is 7.11 Å². The molecule has 5 heteroatoms. The van der Waals surface area contributed by atoms with Crippen molar-refractivity contribution in [1.29, 1.82) is 0 Å². The zero-order valence-electron chi connectivity index (χ0n) is 8.94. The third-order valence-electron chi connectivity index (χ3n) is 2.20. The first-order chi connectivity index (χ1) is 7.54. The van der Waals surface area contributed by atoms with Gasteiger partial charge in [0, 0.05) is 17.6 Å². The van der Waals surface area contributed by atoms with Gasteiger partial charge in [-0.15, -0.1) is 0 Å².